The zero-order valence-corrected chi connectivity index (χ0v) is 25.3. The topological polar surface area (TPSA) is 115 Å². The van der Waals surface area contributed by atoms with Crippen LogP contribution in [0.1, 0.15) is 57.9 Å². The number of nitrogens with zero attached hydrogens (tertiary/aromatic N) is 1. The lowest BCUT2D eigenvalue weighted by Gasteiger charge is -2.26. The van der Waals surface area contributed by atoms with Gasteiger partial charge in [-0.1, -0.05) is 25.5 Å². The molecule has 4 aliphatic rings. The van der Waals surface area contributed by atoms with Crippen molar-refractivity contribution in [3.05, 3.63) is 29.8 Å². The smallest absolute Gasteiger partial charge is 0.223 e. The van der Waals surface area contributed by atoms with Crippen molar-refractivity contribution < 1.29 is 33.4 Å². The van der Waals surface area contributed by atoms with Gasteiger partial charge in [-0.25, -0.2) is 0 Å². The Kier molecular flexibility index (Phi) is 9.80. The minimum Gasteiger partial charge on any atom is -0.497 e. The molecule has 1 aromatic carbocycles. The number of benzene rings is 1. The molecule has 2 aliphatic carbocycles. The standard InChI is InChI=1S/C33H46N2O7/c1-21(15-24(36)19-35-11-13-41-14-12-35)32(39)34-29(16-22-7-9-25(40-3)10-8-22)30(37)18-23(31(38)33(2)20-42-33)17-28-26-5-4-6-27(26)28/h7-10,21,23,26-29H,4-6,11-20H2,1-3H3,(H,34,39). The molecule has 1 aromatic rings. The third-order valence-corrected chi connectivity index (χ3v) is 9.85. The summed E-state index contributed by atoms with van der Waals surface area (Å²) in [5.74, 6) is 1.13. The first-order valence-corrected chi connectivity index (χ1v) is 15.6. The van der Waals surface area contributed by atoms with Crippen molar-refractivity contribution in [3.63, 3.8) is 0 Å². The average molecular weight is 583 g/mol. The van der Waals surface area contributed by atoms with Crippen LogP contribution in [-0.4, -0.2) is 86.4 Å². The summed E-state index contributed by atoms with van der Waals surface area (Å²) in [6.45, 7) is 6.86. The number of epoxide rings is 1. The fourth-order valence-corrected chi connectivity index (χ4v) is 7.06. The second-order valence-corrected chi connectivity index (χ2v) is 13.1. The SMILES string of the molecule is COc1ccc(CC(NC(=O)C(C)CC(=O)CN2CCOCC2)C(=O)CC(CC2C3CCCC32)C(=O)C2(C)CO2)cc1. The summed E-state index contributed by atoms with van der Waals surface area (Å²) in [6, 6.07) is 6.62. The van der Waals surface area contributed by atoms with E-state index in [0.717, 1.165) is 5.56 Å². The minimum atomic E-state index is -0.801. The lowest BCUT2D eigenvalue weighted by Crippen LogP contribution is -2.46. The highest BCUT2D eigenvalue weighted by atomic mass is 16.6. The van der Waals surface area contributed by atoms with Crippen molar-refractivity contribution in [2.75, 3.05) is 46.6 Å². The second kappa shape index (κ2) is 13.3. The molecule has 5 rings (SSSR count). The van der Waals surface area contributed by atoms with Gasteiger partial charge in [-0.3, -0.25) is 24.1 Å². The first-order valence-electron chi connectivity index (χ1n) is 15.6. The molecule has 2 heterocycles. The van der Waals surface area contributed by atoms with E-state index in [1.165, 1.54) is 19.3 Å². The fraction of sp³-hybridized carbons (Fsp3) is 0.697. The number of hydrogen-bond donors (Lipinski definition) is 1. The van der Waals surface area contributed by atoms with Gasteiger partial charge >= 0.3 is 0 Å². The van der Waals surface area contributed by atoms with Crippen LogP contribution >= 0.6 is 0 Å². The maximum absolute atomic E-state index is 13.9. The molecule has 0 aromatic heterocycles. The van der Waals surface area contributed by atoms with E-state index in [1.54, 1.807) is 14.0 Å². The molecule has 6 unspecified atom stereocenters. The highest BCUT2D eigenvalue weighted by Crippen LogP contribution is 2.60. The van der Waals surface area contributed by atoms with E-state index in [9.17, 15) is 19.2 Å². The van der Waals surface area contributed by atoms with Gasteiger partial charge in [-0.2, -0.15) is 0 Å². The van der Waals surface area contributed by atoms with Gasteiger partial charge in [0.25, 0.3) is 0 Å². The molecule has 2 saturated carbocycles. The monoisotopic (exact) mass is 582 g/mol. The number of carbonyl (C=O) groups excluding carboxylic acids is 4. The zero-order chi connectivity index (χ0) is 29.9. The molecule has 230 valence electrons. The van der Waals surface area contributed by atoms with Gasteiger partial charge in [0.15, 0.2) is 11.6 Å². The quantitative estimate of drug-likeness (QED) is 0.296. The Morgan fingerprint density at radius 2 is 1.74 bits per heavy atom. The fourth-order valence-electron chi connectivity index (χ4n) is 7.06. The lowest BCUT2D eigenvalue weighted by atomic mass is 9.83. The second-order valence-electron chi connectivity index (χ2n) is 13.1. The van der Waals surface area contributed by atoms with Crippen molar-refractivity contribution >= 4 is 23.3 Å². The Balaban J connectivity index is 1.25. The minimum absolute atomic E-state index is 0.00380. The van der Waals surface area contributed by atoms with Gasteiger partial charge in [0.05, 0.1) is 39.5 Å². The summed E-state index contributed by atoms with van der Waals surface area (Å²) in [7, 11) is 1.60. The number of rotatable bonds is 16. The van der Waals surface area contributed by atoms with E-state index >= 15 is 0 Å². The largest absolute Gasteiger partial charge is 0.497 e. The highest BCUT2D eigenvalue weighted by Gasteiger charge is 2.56. The number of Topliss-reactive ketones (excluding diaryl/α,β-unsaturated/α-hetero) is 3. The summed E-state index contributed by atoms with van der Waals surface area (Å²) in [4.78, 5) is 55.5. The molecule has 1 N–H and O–H groups in total. The van der Waals surface area contributed by atoms with Crippen molar-refractivity contribution in [3.8, 4) is 5.75 Å². The van der Waals surface area contributed by atoms with Crippen LogP contribution in [0.15, 0.2) is 24.3 Å². The normalized spacial score (nSPS) is 28.7. The van der Waals surface area contributed by atoms with Crippen LogP contribution in [0.4, 0.5) is 0 Å². The predicted molar refractivity (Wildman–Crippen MR) is 156 cm³/mol. The highest BCUT2D eigenvalue weighted by molar-refractivity contribution is 5.97. The maximum atomic E-state index is 13.9. The molecule has 6 atom stereocenters. The average Bonchev–Trinajstić information content (AvgIpc) is 3.83. The molecule has 9 heteroatoms. The number of ketones is 3. The molecule has 0 bridgehead atoms. The first-order chi connectivity index (χ1) is 20.2. The summed E-state index contributed by atoms with van der Waals surface area (Å²) < 4.78 is 16.1. The van der Waals surface area contributed by atoms with Crippen molar-refractivity contribution in [2.24, 2.45) is 29.6 Å². The van der Waals surface area contributed by atoms with Crippen molar-refractivity contribution in [1.82, 2.24) is 10.2 Å². The molecule has 9 nitrogen and oxygen atoms in total. The van der Waals surface area contributed by atoms with Gasteiger partial charge in [0.2, 0.25) is 5.91 Å². The van der Waals surface area contributed by atoms with Crippen LogP contribution < -0.4 is 10.1 Å². The number of fused-ring (bicyclic) bond motifs is 1. The Bertz CT molecular complexity index is 1130. The van der Waals surface area contributed by atoms with E-state index in [-0.39, 0.29) is 36.1 Å². The molecule has 0 spiro atoms. The van der Waals surface area contributed by atoms with Gasteiger partial charge in [-0.15, -0.1) is 0 Å². The number of morpholine rings is 1. The van der Waals surface area contributed by atoms with Crippen LogP contribution in [0.5, 0.6) is 5.75 Å². The zero-order valence-electron chi connectivity index (χ0n) is 25.3. The Morgan fingerprint density at radius 1 is 1.07 bits per heavy atom. The van der Waals surface area contributed by atoms with E-state index < -0.39 is 23.5 Å². The molecule has 1 amide bonds. The third kappa shape index (κ3) is 7.66. The Morgan fingerprint density at radius 3 is 2.36 bits per heavy atom. The molecule has 42 heavy (non-hydrogen) atoms. The Hall–Kier alpha value is -2.62. The van der Waals surface area contributed by atoms with Gasteiger partial charge in [-0.05, 0) is 68.1 Å². The summed E-state index contributed by atoms with van der Waals surface area (Å²) in [5.41, 5.74) is 0.0848. The van der Waals surface area contributed by atoms with Crippen molar-refractivity contribution in [2.45, 2.75) is 70.4 Å². The van der Waals surface area contributed by atoms with Crippen molar-refractivity contribution in [1.29, 1.82) is 0 Å². The van der Waals surface area contributed by atoms with Crippen LogP contribution in [0.3, 0.4) is 0 Å². The lowest BCUT2D eigenvalue weighted by molar-refractivity contribution is -0.134. The first kappa shape index (κ1) is 30.8. The summed E-state index contributed by atoms with van der Waals surface area (Å²) in [5, 5.41) is 2.96. The van der Waals surface area contributed by atoms with Gasteiger partial charge < -0.3 is 19.5 Å². The molecular weight excluding hydrogens is 536 g/mol. The Labute approximate surface area is 249 Å². The van der Waals surface area contributed by atoms with E-state index in [4.69, 9.17) is 14.2 Å². The van der Waals surface area contributed by atoms with Crippen LogP contribution in [0.25, 0.3) is 0 Å². The number of hydrogen-bond acceptors (Lipinski definition) is 8. The number of ether oxygens (including phenoxy) is 3. The molecule has 2 aliphatic heterocycles. The summed E-state index contributed by atoms with van der Waals surface area (Å²) in [6.07, 6.45) is 4.90. The van der Waals surface area contributed by atoms with Crippen LogP contribution in [-0.2, 0) is 35.1 Å². The van der Waals surface area contributed by atoms with Gasteiger partial charge in [0, 0.05) is 37.8 Å². The molecule has 4 fully saturated rings. The van der Waals surface area contributed by atoms with E-state index in [0.29, 0.717) is 75.8 Å². The number of carbonyl (C=O) groups is 4. The number of methoxy groups -OCH3 is 1. The number of nitrogens with one attached hydrogen (secondary N) is 1. The van der Waals surface area contributed by atoms with E-state index in [2.05, 4.69) is 5.32 Å². The molecule has 0 radical (unpaired) electrons. The molecular formula is C33H46N2O7. The van der Waals surface area contributed by atoms with Crippen LogP contribution in [0, 0.1) is 29.6 Å². The van der Waals surface area contributed by atoms with Gasteiger partial charge in [0.1, 0.15) is 17.1 Å². The van der Waals surface area contributed by atoms with Crippen LogP contribution in [0.2, 0.25) is 0 Å². The predicted octanol–water partition coefficient (Wildman–Crippen LogP) is 3.02. The number of amides is 1. The third-order valence-electron chi connectivity index (χ3n) is 9.85. The summed E-state index contributed by atoms with van der Waals surface area (Å²) >= 11 is 0. The molecule has 2 saturated heterocycles. The van der Waals surface area contributed by atoms with E-state index in [1.807, 2.05) is 36.1 Å². The maximum Gasteiger partial charge on any atom is 0.223 e.